The number of hydrogen-bond acceptors (Lipinski definition) is 5. The van der Waals surface area contributed by atoms with Gasteiger partial charge in [0.1, 0.15) is 11.5 Å². The molecule has 1 aliphatic heterocycles. The number of fused-ring (bicyclic) bond motifs is 1. The first-order valence-electron chi connectivity index (χ1n) is 9.66. The molecule has 0 spiro atoms. The Morgan fingerprint density at radius 1 is 1.23 bits per heavy atom. The van der Waals surface area contributed by atoms with Gasteiger partial charge < -0.3 is 10.2 Å². The summed E-state index contributed by atoms with van der Waals surface area (Å²) >= 11 is 0. The standard InChI is InChI=1S/C21H20F2N6O/c22-20(23)17-8-13(4-5-26-17)21(30)28-14-9-15-16(19(15)27-10-14)11-25-12-18(24)29-6-2-1-3-7-29/h4-5,8-12,20,24H,1-3,6-7H2,(H,28,30)/b16-11-,24-18?,25-12?. The van der Waals surface area contributed by atoms with Crippen LogP contribution in [-0.2, 0) is 0 Å². The summed E-state index contributed by atoms with van der Waals surface area (Å²) in [7, 11) is 0. The predicted octanol–water partition coefficient (Wildman–Crippen LogP) is 3.90. The van der Waals surface area contributed by atoms with Gasteiger partial charge in [-0.15, -0.1) is 0 Å². The second-order valence-electron chi connectivity index (χ2n) is 7.10. The Labute approximate surface area is 172 Å². The van der Waals surface area contributed by atoms with Gasteiger partial charge in [0, 0.05) is 42.2 Å². The van der Waals surface area contributed by atoms with E-state index in [1.54, 1.807) is 12.3 Å². The summed E-state index contributed by atoms with van der Waals surface area (Å²) < 4.78 is 25.5. The maximum atomic E-state index is 12.8. The lowest BCUT2D eigenvalue weighted by Gasteiger charge is -2.26. The molecule has 1 fully saturated rings. The van der Waals surface area contributed by atoms with E-state index >= 15 is 0 Å². The average Bonchev–Trinajstić information content (AvgIpc) is 3.46. The summed E-state index contributed by atoms with van der Waals surface area (Å²) in [6.07, 6.45) is 6.54. The van der Waals surface area contributed by atoms with E-state index in [0.29, 0.717) is 11.5 Å². The minimum atomic E-state index is -2.74. The number of halogens is 2. The summed E-state index contributed by atoms with van der Waals surface area (Å²) in [5, 5.41) is 10.7. The molecule has 0 saturated carbocycles. The average molecular weight is 410 g/mol. The molecule has 4 rings (SSSR count). The maximum absolute atomic E-state index is 12.8. The number of piperidine rings is 1. The van der Waals surface area contributed by atoms with Crippen LogP contribution >= 0.6 is 0 Å². The number of anilines is 1. The molecule has 0 atom stereocenters. The van der Waals surface area contributed by atoms with Crippen LogP contribution in [0.1, 0.15) is 53.0 Å². The van der Waals surface area contributed by atoms with Crippen molar-refractivity contribution in [3.63, 3.8) is 0 Å². The van der Waals surface area contributed by atoms with E-state index in [-0.39, 0.29) is 5.56 Å². The summed E-state index contributed by atoms with van der Waals surface area (Å²) in [5.74, 6) is -0.113. The molecule has 0 bridgehead atoms. The summed E-state index contributed by atoms with van der Waals surface area (Å²) in [6.45, 7) is 1.78. The highest BCUT2D eigenvalue weighted by atomic mass is 19.3. The fourth-order valence-electron chi connectivity index (χ4n) is 3.33. The van der Waals surface area contributed by atoms with Crippen LogP contribution in [0.5, 0.6) is 0 Å². The molecule has 0 radical (unpaired) electrons. The van der Waals surface area contributed by atoms with Gasteiger partial charge in [0.2, 0.25) is 0 Å². The summed E-state index contributed by atoms with van der Waals surface area (Å²) in [6, 6.07) is 4.20. The molecular weight excluding hydrogens is 390 g/mol. The summed E-state index contributed by atoms with van der Waals surface area (Å²) in [4.78, 5) is 26.4. The Kier molecular flexibility index (Phi) is 5.60. The maximum Gasteiger partial charge on any atom is 0.280 e. The number of likely N-dealkylation sites (tertiary alicyclic amines) is 1. The number of rotatable bonds is 5. The van der Waals surface area contributed by atoms with Gasteiger partial charge in [0.05, 0.1) is 23.8 Å². The van der Waals surface area contributed by atoms with Crippen molar-refractivity contribution in [1.29, 1.82) is 5.41 Å². The van der Waals surface area contributed by atoms with Crippen LogP contribution in [0.2, 0.25) is 0 Å². The highest BCUT2D eigenvalue weighted by molar-refractivity contribution is 6.28. The monoisotopic (exact) mass is 410 g/mol. The molecule has 7 nitrogen and oxygen atoms in total. The lowest BCUT2D eigenvalue weighted by atomic mass is 10.1. The van der Waals surface area contributed by atoms with Crippen molar-refractivity contribution >= 4 is 29.2 Å². The van der Waals surface area contributed by atoms with Gasteiger partial charge in [0.25, 0.3) is 12.3 Å². The first-order valence-corrected chi connectivity index (χ1v) is 9.66. The minimum Gasteiger partial charge on any atom is -0.356 e. The number of amidine groups is 1. The number of pyridine rings is 2. The number of aliphatic imine (C=N–C) groups is 1. The van der Waals surface area contributed by atoms with E-state index in [4.69, 9.17) is 5.41 Å². The molecule has 1 saturated heterocycles. The van der Waals surface area contributed by atoms with Gasteiger partial charge in [-0.2, -0.15) is 0 Å². The van der Waals surface area contributed by atoms with Crippen molar-refractivity contribution < 1.29 is 13.6 Å². The van der Waals surface area contributed by atoms with Crippen LogP contribution in [0, 0.1) is 5.41 Å². The predicted molar refractivity (Wildman–Crippen MR) is 110 cm³/mol. The molecular formula is C21H20F2N6O. The molecule has 0 aromatic carbocycles. The van der Waals surface area contributed by atoms with Crippen LogP contribution < -0.4 is 5.32 Å². The third-order valence-electron chi connectivity index (χ3n) is 4.99. The lowest BCUT2D eigenvalue weighted by Crippen LogP contribution is -2.35. The molecule has 154 valence electrons. The largest absolute Gasteiger partial charge is 0.356 e. The van der Waals surface area contributed by atoms with Crippen LogP contribution in [0.25, 0.3) is 5.57 Å². The number of aromatic nitrogens is 2. The Balaban J connectivity index is 1.38. The van der Waals surface area contributed by atoms with E-state index < -0.39 is 18.0 Å². The zero-order chi connectivity index (χ0) is 21.1. The molecule has 2 aromatic heterocycles. The van der Waals surface area contributed by atoms with Crippen LogP contribution in [0.15, 0.2) is 41.8 Å². The highest BCUT2D eigenvalue weighted by Gasteiger charge is 2.27. The van der Waals surface area contributed by atoms with E-state index in [1.807, 2.05) is 4.90 Å². The Bertz CT molecular complexity index is 1040. The molecule has 2 aromatic rings. The zero-order valence-electron chi connectivity index (χ0n) is 16.1. The van der Waals surface area contributed by atoms with E-state index in [9.17, 15) is 13.6 Å². The van der Waals surface area contributed by atoms with Crippen molar-refractivity contribution in [3.8, 4) is 0 Å². The molecule has 3 heterocycles. The molecule has 1 amide bonds. The smallest absolute Gasteiger partial charge is 0.280 e. The number of carbonyl (C=O) groups is 1. The molecule has 0 unspecified atom stereocenters. The number of nitrogens with one attached hydrogen (secondary N) is 2. The number of amides is 1. The molecule has 2 aliphatic rings. The third-order valence-corrected chi connectivity index (χ3v) is 4.99. The normalized spacial score (nSPS) is 16.8. The van der Waals surface area contributed by atoms with Crippen LogP contribution in [0.3, 0.4) is 0 Å². The fourth-order valence-corrected chi connectivity index (χ4v) is 3.33. The molecule has 2 N–H and O–H groups in total. The first kappa shape index (κ1) is 19.8. The van der Waals surface area contributed by atoms with Gasteiger partial charge in [0.15, 0.2) is 0 Å². The van der Waals surface area contributed by atoms with Gasteiger partial charge >= 0.3 is 0 Å². The van der Waals surface area contributed by atoms with Gasteiger partial charge in [-0.25, -0.2) is 8.78 Å². The number of nitrogens with zero attached hydrogens (tertiary/aromatic N) is 4. The van der Waals surface area contributed by atoms with Crippen molar-refractivity contribution in [2.24, 2.45) is 4.99 Å². The topological polar surface area (TPSA) is 94.3 Å². The summed E-state index contributed by atoms with van der Waals surface area (Å²) in [5.41, 5.74) is 2.61. The van der Waals surface area contributed by atoms with E-state index in [1.165, 1.54) is 31.1 Å². The SMILES string of the molecule is N=C(C=N/C=C1/c2cc(NC(=O)c3ccnc(C(F)F)c3)cnc21)N1CCCCC1. The Morgan fingerprint density at radius 2 is 2.03 bits per heavy atom. The Hall–Kier alpha value is -3.49. The van der Waals surface area contributed by atoms with Crippen molar-refractivity contribution in [3.05, 3.63) is 59.3 Å². The molecule has 9 heteroatoms. The second kappa shape index (κ2) is 8.48. The van der Waals surface area contributed by atoms with Crippen molar-refractivity contribution in [2.45, 2.75) is 25.7 Å². The minimum absolute atomic E-state index is 0.0989. The van der Waals surface area contributed by atoms with Gasteiger partial charge in [-0.3, -0.25) is 25.2 Å². The number of carbonyl (C=O) groups excluding carboxylic acids is 1. The lowest BCUT2D eigenvalue weighted by molar-refractivity contribution is 0.102. The molecule has 30 heavy (non-hydrogen) atoms. The van der Waals surface area contributed by atoms with Gasteiger partial charge in [-0.05, 0) is 37.5 Å². The fraction of sp³-hybridized carbons (Fsp3) is 0.286. The number of hydrogen-bond donors (Lipinski definition) is 2. The van der Waals surface area contributed by atoms with Crippen LogP contribution in [-0.4, -0.2) is 45.9 Å². The van der Waals surface area contributed by atoms with Crippen molar-refractivity contribution in [1.82, 2.24) is 14.9 Å². The highest BCUT2D eigenvalue weighted by Crippen LogP contribution is 2.41. The van der Waals surface area contributed by atoms with Crippen molar-refractivity contribution in [2.75, 3.05) is 18.4 Å². The number of alkyl halides is 2. The Morgan fingerprint density at radius 3 is 2.80 bits per heavy atom. The molecule has 1 aliphatic carbocycles. The van der Waals surface area contributed by atoms with E-state index in [0.717, 1.165) is 48.8 Å². The third kappa shape index (κ3) is 4.40. The van der Waals surface area contributed by atoms with Crippen LogP contribution in [0.4, 0.5) is 14.5 Å². The quantitative estimate of drug-likeness (QED) is 0.493. The first-order chi connectivity index (χ1) is 14.5. The van der Waals surface area contributed by atoms with E-state index in [2.05, 4.69) is 20.3 Å². The zero-order valence-corrected chi connectivity index (χ0v) is 16.1. The van der Waals surface area contributed by atoms with Gasteiger partial charge in [-0.1, -0.05) is 0 Å². The second-order valence-corrected chi connectivity index (χ2v) is 7.10.